The van der Waals surface area contributed by atoms with E-state index in [1.54, 1.807) is 27.7 Å². The van der Waals surface area contributed by atoms with E-state index in [-0.39, 0.29) is 31.8 Å². The number of hydrogen-bond acceptors (Lipinski definition) is 7. The largest absolute Gasteiger partial charge is 0.384 e. The molecule has 0 aromatic carbocycles. The van der Waals surface area contributed by atoms with Gasteiger partial charge in [0.25, 0.3) is 5.91 Å². The normalized spacial score (nSPS) is 17.7. The van der Waals surface area contributed by atoms with Crippen molar-refractivity contribution in [2.24, 2.45) is 0 Å². The van der Waals surface area contributed by atoms with Gasteiger partial charge in [0.2, 0.25) is 0 Å². The van der Waals surface area contributed by atoms with Crippen LogP contribution < -0.4 is 5.32 Å². The van der Waals surface area contributed by atoms with Crippen LogP contribution in [0.25, 0.3) is 0 Å². The maximum absolute atomic E-state index is 12.3. The molecule has 1 fully saturated rings. The molecule has 3 amide bonds. The Balaban J connectivity index is 2.43. The molecule has 1 N–H and O–H groups in total. The minimum absolute atomic E-state index is 0.0556. The summed E-state index contributed by atoms with van der Waals surface area (Å²) >= 11 is 0. The second-order valence-corrected chi connectivity index (χ2v) is 7.48. The van der Waals surface area contributed by atoms with Gasteiger partial charge in [-0.3, -0.25) is 14.3 Å². The third-order valence-corrected chi connectivity index (χ3v) is 4.61. The Kier molecular flexibility index (Phi) is 7.63. The van der Waals surface area contributed by atoms with Gasteiger partial charge in [0.1, 0.15) is 5.54 Å². The number of unbranched alkanes of at least 4 members (excludes halogenated alkanes) is 1. The lowest BCUT2D eigenvalue weighted by molar-refractivity contribution is -0.263. The zero-order chi connectivity index (χ0) is 17.5. The van der Waals surface area contributed by atoms with E-state index in [1.165, 1.54) is 0 Å². The van der Waals surface area contributed by atoms with Gasteiger partial charge in [0.15, 0.2) is 0 Å². The van der Waals surface area contributed by atoms with Gasteiger partial charge in [0, 0.05) is 6.54 Å². The van der Waals surface area contributed by atoms with E-state index in [9.17, 15) is 14.2 Å². The SMILES string of the molecule is CCOOP(=O)(CCCCN1C(=O)NC(C)(C)C1=O)OOCC. The van der Waals surface area contributed by atoms with Crippen molar-refractivity contribution in [2.75, 3.05) is 25.9 Å². The summed E-state index contributed by atoms with van der Waals surface area (Å²) in [6.45, 7) is 7.33. The molecular formula is C13H25N2O7P. The standard InChI is InChI=1S/C13H25N2O7P/c1-5-19-21-23(18,22-20-6-2)10-8-7-9-15-11(16)13(3,4)14-12(15)17/h5-10H2,1-4H3,(H,14,17). The lowest BCUT2D eigenvalue weighted by atomic mass is 10.1. The molecule has 0 aromatic heterocycles. The summed E-state index contributed by atoms with van der Waals surface area (Å²) in [5.41, 5.74) is -0.886. The molecule has 0 atom stereocenters. The van der Waals surface area contributed by atoms with Crippen molar-refractivity contribution < 1.29 is 33.3 Å². The third kappa shape index (κ3) is 5.86. The first-order valence-corrected chi connectivity index (χ1v) is 9.34. The molecule has 0 spiro atoms. The highest BCUT2D eigenvalue weighted by Crippen LogP contribution is 2.49. The van der Waals surface area contributed by atoms with Crippen molar-refractivity contribution in [1.82, 2.24) is 10.2 Å². The highest BCUT2D eigenvalue weighted by atomic mass is 31.2. The van der Waals surface area contributed by atoms with Crippen molar-refractivity contribution in [1.29, 1.82) is 0 Å². The number of nitrogens with zero attached hydrogens (tertiary/aromatic N) is 1. The zero-order valence-electron chi connectivity index (χ0n) is 14.0. The summed E-state index contributed by atoms with van der Waals surface area (Å²) < 4.78 is 21.9. The molecule has 23 heavy (non-hydrogen) atoms. The summed E-state index contributed by atoms with van der Waals surface area (Å²) in [6, 6.07) is -0.417. The van der Waals surface area contributed by atoms with Crippen LogP contribution in [0.15, 0.2) is 0 Å². The molecule has 9 nitrogen and oxygen atoms in total. The number of carbonyl (C=O) groups is 2. The van der Waals surface area contributed by atoms with Crippen LogP contribution in [0, 0.1) is 0 Å². The predicted octanol–water partition coefficient (Wildman–Crippen LogP) is 2.23. The van der Waals surface area contributed by atoms with Crippen LogP contribution in [0.2, 0.25) is 0 Å². The summed E-state index contributed by atoms with van der Waals surface area (Å²) in [6.07, 6.45) is 0.930. The molecule has 1 rings (SSSR count). The Hall–Kier alpha value is -0.990. The molecule has 10 heteroatoms. The minimum Gasteiger partial charge on any atom is -0.324 e. The molecule has 0 saturated carbocycles. The van der Waals surface area contributed by atoms with Crippen LogP contribution in [-0.4, -0.2) is 48.3 Å². The molecule has 134 valence electrons. The number of nitrogens with one attached hydrogen (secondary N) is 1. The maximum Gasteiger partial charge on any atom is 0.384 e. The van der Waals surface area contributed by atoms with Gasteiger partial charge in [-0.25, -0.2) is 14.6 Å². The quantitative estimate of drug-likeness (QED) is 0.200. The fraction of sp³-hybridized carbons (Fsp3) is 0.846. The van der Waals surface area contributed by atoms with E-state index in [0.717, 1.165) is 4.90 Å². The molecule has 1 heterocycles. The lowest BCUT2D eigenvalue weighted by Crippen LogP contribution is -2.40. The number of hydrogen-bond donors (Lipinski definition) is 1. The molecule has 1 aliphatic heterocycles. The first kappa shape index (κ1) is 20.1. The van der Waals surface area contributed by atoms with Crippen LogP contribution in [0.4, 0.5) is 4.79 Å². The van der Waals surface area contributed by atoms with Gasteiger partial charge >= 0.3 is 13.6 Å². The van der Waals surface area contributed by atoms with E-state index < -0.39 is 19.2 Å². The van der Waals surface area contributed by atoms with Crippen molar-refractivity contribution in [3.63, 3.8) is 0 Å². The minimum atomic E-state index is -3.52. The van der Waals surface area contributed by atoms with Gasteiger partial charge in [-0.15, -0.1) is 9.35 Å². The Morgan fingerprint density at radius 2 is 1.65 bits per heavy atom. The summed E-state index contributed by atoms with van der Waals surface area (Å²) in [4.78, 5) is 34.3. The van der Waals surface area contributed by atoms with E-state index in [1.807, 2.05) is 0 Å². The molecule has 0 aliphatic carbocycles. The number of rotatable bonds is 11. The van der Waals surface area contributed by atoms with Gasteiger partial charge < -0.3 is 5.32 Å². The lowest BCUT2D eigenvalue weighted by Gasteiger charge is -2.17. The summed E-state index contributed by atoms with van der Waals surface area (Å²) in [5.74, 6) is -0.276. The van der Waals surface area contributed by atoms with Crippen molar-refractivity contribution in [2.45, 2.75) is 46.1 Å². The van der Waals surface area contributed by atoms with Gasteiger partial charge in [0.05, 0.1) is 19.4 Å². The van der Waals surface area contributed by atoms with Crippen LogP contribution >= 0.6 is 7.60 Å². The molecular weight excluding hydrogens is 327 g/mol. The highest BCUT2D eigenvalue weighted by molar-refractivity contribution is 7.53. The van der Waals surface area contributed by atoms with Gasteiger partial charge in [-0.1, -0.05) is 0 Å². The van der Waals surface area contributed by atoms with E-state index in [4.69, 9.17) is 19.1 Å². The number of imide groups is 1. The van der Waals surface area contributed by atoms with E-state index >= 15 is 0 Å². The van der Waals surface area contributed by atoms with Crippen LogP contribution in [-0.2, 0) is 28.5 Å². The van der Waals surface area contributed by atoms with E-state index in [0.29, 0.717) is 12.8 Å². The average molecular weight is 352 g/mol. The van der Waals surface area contributed by atoms with Gasteiger partial charge in [-0.05, 0) is 40.5 Å². The predicted molar refractivity (Wildman–Crippen MR) is 81.5 cm³/mol. The van der Waals surface area contributed by atoms with Crippen LogP contribution in [0.1, 0.15) is 40.5 Å². The maximum atomic E-state index is 12.3. The smallest absolute Gasteiger partial charge is 0.324 e. The number of carbonyl (C=O) groups excluding carboxylic acids is 2. The summed E-state index contributed by atoms with van der Waals surface area (Å²) in [5, 5.41) is 2.60. The first-order valence-electron chi connectivity index (χ1n) is 7.61. The van der Waals surface area contributed by atoms with Crippen molar-refractivity contribution in [3.8, 4) is 0 Å². The second-order valence-electron chi connectivity index (χ2n) is 5.52. The monoisotopic (exact) mass is 352 g/mol. The van der Waals surface area contributed by atoms with Gasteiger partial charge in [-0.2, -0.15) is 0 Å². The molecule has 0 unspecified atom stereocenters. The molecule has 0 radical (unpaired) electrons. The Morgan fingerprint density at radius 3 is 2.09 bits per heavy atom. The Morgan fingerprint density at radius 1 is 1.09 bits per heavy atom. The van der Waals surface area contributed by atoms with E-state index in [2.05, 4.69) is 5.32 Å². The zero-order valence-corrected chi connectivity index (χ0v) is 14.9. The number of urea groups is 1. The molecule has 0 aromatic rings. The molecule has 1 saturated heterocycles. The Labute approximate surface area is 136 Å². The topological polar surface area (TPSA) is 103 Å². The molecule has 1 aliphatic rings. The fourth-order valence-electron chi connectivity index (χ4n) is 1.95. The summed E-state index contributed by atoms with van der Waals surface area (Å²) in [7, 11) is -3.52. The Bertz CT molecular complexity index is 457. The fourth-order valence-corrected chi connectivity index (χ4v) is 3.27. The molecule has 0 bridgehead atoms. The first-order chi connectivity index (χ1) is 10.8. The van der Waals surface area contributed by atoms with Crippen LogP contribution in [0.5, 0.6) is 0 Å². The average Bonchev–Trinajstić information content (AvgIpc) is 2.69. The van der Waals surface area contributed by atoms with Crippen LogP contribution in [0.3, 0.4) is 0 Å². The second kappa shape index (κ2) is 8.75. The van der Waals surface area contributed by atoms with Crippen molar-refractivity contribution in [3.05, 3.63) is 0 Å². The van der Waals surface area contributed by atoms with Crippen molar-refractivity contribution >= 4 is 19.5 Å². The number of amides is 3. The third-order valence-electron chi connectivity index (χ3n) is 3.08. The highest BCUT2D eigenvalue weighted by Gasteiger charge is 2.43.